The molecule has 5 rings (SSSR count). The van der Waals surface area contributed by atoms with Crippen LogP contribution in [0.3, 0.4) is 0 Å². The Morgan fingerprint density at radius 1 is 1.00 bits per heavy atom. The third-order valence-corrected chi connectivity index (χ3v) is 7.09. The largest absolute Gasteiger partial charge is 0.444 e. The van der Waals surface area contributed by atoms with Crippen molar-refractivity contribution in [2.75, 3.05) is 47.6 Å². The average Bonchev–Trinajstić information content (AvgIpc) is 2.89. The van der Waals surface area contributed by atoms with Crippen molar-refractivity contribution < 1.29 is 14.3 Å². The molecule has 0 bridgehead atoms. The summed E-state index contributed by atoms with van der Waals surface area (Å²) in [5.74, 6) is 1.26. The number of para-hydroxylation sites is 2. The quantitative estimate of drug-likeness (QED) is 0.299. The van der Waals surface area contributed by atoms with E-state index in [9.17, 15) is 4.79 Å². The van der Waals surface area contributed by atoms with Gasteiger partial charge in [0, 0.05) is 18.8 Å². The molecule has 1 saturated carbocycles. The van der Waals surface area contributed by atoms with Crippen LogP contribution in [0.25, 0.3) is 0 Å². The zero-order valence-corrected chi connectivity index (χ0v) is 22.9. The van der Waals surface area contributed by atoms with Crippen LogP contribution in [0.15, 0.2) is 60.7 Å². The van der Waals surface area contributed by atoms with Gasteiger partial charge in [-0.05, 0) is 82.0 Å². The van der Waals surface area contributed by atoms with Crippen molar-refractivity contribution in [1.29, 1.82) is 0 Å². The van der Waals surface area contributed by atoms with Crippen LogP contribution >= 0.6 is 0 Å². The fourth-order valence-corrected chi connectivity index (χ4v) is 4.96. The van der Waals surface area contributed by atoms with Crippen LogP contribution in [0.1, 0.15) is 45.6 Å². The van der Waals surface area contributed by atoms with E-state index in [1.807, 2.05) is 69.3 Å². The van der Waals surface area contributed by atoms with E-state index in [0.717, 1.165) is 68.2 Å². The van der Waals surface area contributed by atoms with Gasteiger partial charge in [-0.3, -0.25) is 0 Å². The highest BCUT2D eigenvalue weighted by molar-refractivity contribution is 5.77. The Morgan fingerprint density at radius 3 is 2.38 bits per heavy atom. The highest BCUT2D eigenvalue weighted by Crippen LogP contribution is 2.42. The van der Waals surface area contributed by atoms with Crippen LogP contribution in [0.2, 0.25) is 0 Å². The minimum atomic E-state index is -0.538. The SMILES string of the molecule is CC(C)(C)OC(=O)NC1(c2ccc(Nc3nc(Nc4ccccc4N4CCOCC4)ccc3N)cc2)CCC1. The predicted octanol–water partition coefficient (Wildman–Crippen LogP) is 5.89. The summed E-state index contributed by atoms with van der Waals surface area (Å²) in [6, 6.07) is 20.0. The molecule has 1 aliphatic heterocycles. The summed E-state index contributed by atoms with van der Waals surface area (Å²) in [5.41, 5.74) is 9.91. The van der Waals surface area contributed by atoms with Crippen LogP contribution in [0.4, 0.5) is 39.2 Å². The Labute approximate surface area is 230 Å². The molecule has 1 aliphatic carbocycles. The van der Waals surface area contributed by atoms with Gasteiger partial charge in [0.2, 0.25) is 0 Å². The second-order valence-corrected chi connectivity index (χ2v) is 11.1. The lowest BCUT2D eigenvalue weighted by Gasteiger charge is -2.43. The number of amides is 1. The number of morpholine rings is 1. The minimum absolute atomic E-state index is 0.388. The van der Waals surface area contributed by atoms with Gasteiger partial charge in [-0.2, -0.15) is 0 Å². The molecule has 206 valence electrons. The second-order valence-electron chi connectivity index (χ2n) is 11.1. The number of hydrogen-bond donors (Lipinski definition) is 4. The molecule has 2 fully saturated rings. The van der Waals surface area contributed by atoms with Gasteiger partial charge in [0.05, 0.1) is 35.8 Å². The van der Waals surface area contributed by atoms with Crippen molar-refractivity contribution in [1.82, 2.24) is 10.3 Å². The van der Waals surface area contributed by atoms with Gasteiger partial charge in [-0.15, -0.1) is 0 Å². The first-order valence-corrected chi connectivity index (χ1v) is 13.5. The molecule has 0 atom stereocenters. The van der Waals surface area contributed by atoms with Crippen LogP contribution in [0, 0.1) is 0 Å². The molecule has 2 heterocycles. The molecular weight excluding hydrogens is 492 g/mol. The Bertz CT molecular complexity index is 1290. The van der Waals surface area contributed by atoms with E-state index < -0.39 is 11.1 Å². The van der Waals surface area contributed by atoms with Crippen LogP contribution < -0.4 is 26.6 Å². The van der Waals surface area contributed by atoms with Crippen LogP contribution in [-0.4, -0.2) is 43.0 Å². The lowest BCUT2D eigenvalue weighted by molar-refractivity contribution is 0.0377. The maximum Gasteiger partial charge on any atom is 0.408 e. The first-order valence-electron chi connectivity index (χ1n) is 13.5. The highest BCUT2D eigenvalue weighted by atomic mass is 16.6. The zero-order chi connectivity index (χ0) is 27.5. The summed E-state index contributed by atoms with van der Waals surface area (Å²) in [6.45, 7) is 8.75. The van der Waals surface area contributed by atoms with E-state index in [2.05, 4.69) is 33.0 Å². The number of nitrogen functional groups attached to an aromatic ring is 1. The Kier molecular flexibility index (Phi) is 7.52. The summed E-state index contributed by atoms with van der Waals surface area (Å²) in [6.07, 6.45) is 2.44. The van der Waals surface area contributed by atoms with Gasteiger partial charge in [-0.25, -0.2) is 9.78 Å². The van der Waals surface area contributed by atoms with Gasteiger partial charge < -0.3 is 36.1 Å². The fraction of sp³-hybridized carbons (Fsp3) is 0.400. The molecule has 0 unspecified atom stereocenters. The molecule has 1 amide bonds. The standard InChI is InChI=1S/C30H38N6O3/c1-29(2,3)39-28(37)35-30(15-6-16-30)21-9-11-22(12-10-21)32-27-23(31)13-14-26(34-27)33-24-7-4-5-8-25(24)36-17-19-38-20-18-36/h4-5,7-14H,6,15-20,31H2,1-3H3,(H,35,37)(H2,32,33,34). The maximum atomic E-state index is 12.5. The molecule has 3 aromatic rings. The van der Waals surface area contributed by atoms with E-state index in [1.165, 1.54) is 0 Å². The van der Waals surface area contributed by atoms with Crippen LogP contribution in [0.5, 0.6) is 0 Å². The fourth-order valence-electron chi connectivity index (χ4n) is 4.96. The molecule has 2 aliphatic rings. The van der Waals surface area contributed by atoms with Gasteiger partial charge in [0.25, 0.3) is 0 Å². The number of pyridine rings is 1. The third-order valence-electron chi connectivity index (χ3n) is 7.09. The van der Waals surface area contributed by atoms with Crippen molar-refractivity contribution in [2.24, 2.45) is 0 Å². The van der Waals surface area contributed by atoms with Gasteiger partial charge >= 0.3 is 6.09 Å². The van der Waals surface area contributed by atoms with E-state index in [1.54, 1.807) is 0 Å². The summed E-state index contributed by atoms with van der Waals surface area (Å²) in [4.78, 5) is 19.6. The molecule has 9 heteroatoms. The van der Waals surface area contributed by atoms with Crippen molar-refractivity contribution in [3.05, 3.63) is 66.2 Å². The summed E-state index contributed by atoms with van der Waals surface area (Å²) in [5, 5.41) is 9.92. The summed E-state index contributed by atoms with van der Waals surface area (Å²) < 4.78 is 11.0. The molecule has 9 nitrogen and oxygen atoms in total. The summed E-state index contributed by atoms with van der Waals surface area (Å²) in [7, 11) is 0. The normalized spacial score (nSPS) is 16.6. The van der Waals surface area contributed by atoms with Crippen molar-refractivity contribution >= 4 is 40.5 Å². The number of nitrogens with one attached hydrogen (secondary N) is 3. The minimum Gasteiger partial charge on any atom is -0.444 e. The van der Waals surface area contributed by atoms with Crippen molar-refractivity contribution in [2.45, 2.75) is 51.2 Å². The molecule has 1 aromatic heterocycles. The number of benzene rings is 2. The lowest BCUT2D eigenvalue weighted by atomic mass is 9.72. The number of anilines is 6. The Morgan fingerprint density at radius 2 is 1.72 bits per heavy atom. The highest BCUT2D eigenvalue weighted by Gasteiger charge is 2.41. The number of aromatic nitrogens is 1. The molecule has 0 radical (unpaired) electrons. The topological polar surface area (TPSA) is 114 Å². The molecular formula is C30H38N6O3. The van der Waals surface area contributed by atoms with E-state index >= 15 is 0 Å². The molecule has 2 aromatic carbocycles. The number of ether oxygens (including phenoxy) is 2. The first kappa shape index (κ1) is 26.6. The van der Waals surface area contributed by atoms with Gasteiger partial charge in [0.1, 0.15) is 11.4 Å². The third kappa shape index (κ3) is 6.37. The van der Waals surface area contributed by atoms with E-state index in [-0.39, 0.29) is 6.09 Å². The number of carbonyl (C=O) groups excluding carboxylic acids is 1. The average molecular weight is 531 g/mol. The number of nitrogens with two attached hydrogens (primary N) is 1. The van der Waals surface area contributed by atoms with Crippen molar-refractivity contribution in [3.63, 3.8) is 0 Å². The molecule has 39 heavy (non-hydrogen) atoms. The van der Waals surface area contributed by atoms with Gasteiger partial charge in [0.15, 0.2) is 5.82 Å². The number of hydrogen-bond acceptors (Lipinski definition) is 8. The smallest absolute Gasteiger partial charge is 0.408 e. The van der Waals surface area contributed by atoms with Gasteiger partial charge in [-0.1, -0.05) is 24.3 Å². The molecule has 1 saturated heterocycles. The Hall–Kier alpha value is -3.98. The number of nitrogens with zero attached hydrogens (tertiary/aromatic N) is 2. The molecule has 0 spiro atoms. The first-order chi connectivity index (χ1) is 18.7. The van der Waals surface area contributed by atoms with E-state index in [4.69, 9.17) is 20.2 Å². The Balaban J connectivity index is 1.29. The number of rotatable bonds is 7. The lowest BCUT2D eigenvalue weighted by Crippen LogP contribution is -2.52. The maximum absolute atomic E-state index is 12.5. The van der Waals surface area contributed by atoms with E-state index in [0.29, 0.717) is 17.3 Å². The summed E-state index contributed by atoms with van der Waals surface area (Å²) >= 11 is 0. The van der Waals surface area contributed by atoms with Crippen LogP contribution in [-0.2, 0) is 15.0 Å². The second kappa shape index (κ2) is 11.0. The zero-order valence-electron chi connectivity index (χ0n) is 22.9. The molecule has 5 N–H and O–H groups in total. The number of carbonyl (C=O) groups is 1. The predicted molar refractivity (Wildman–Crippen MR) is 156 cm³/mol. The monoisotopic (exact) mass is 530 g/mol. The number of alkyl carbamates (subject to hydrolysis) is 1. The van der Waals surface area contributed by atoms with Crippen molar-refractivity contribution in [3.8, 4) is 0 Å².